The Bertz CT molecular complexity index is 998. The summed E-state index contributed by atoms with van der Waals surface area (Å²) >= 11 is 1.47. The molecule has 1 fully saturated rings. The zero-order valence-electron chi connectivity index (χ0n) is 14.8. The number of nitrogens with zero attached hydrogens (tertiary/aromatic N) is 4. The number of benzene rings is 2. The van der Waals surface area contributed by atoms with Crippen molar-refractivity contribution in [3.05, 3.63) is 80.9 Å². The van der Waals surface area contributed by atoms with Crippen molar-refractivity contribution >= 4 is 29.0 Å². The number of carbonyl (C=O) groups excluding carboxylic acids is 1. The first-order valence-corrected chi connectivity index (χ1v) is 9.69. The molecule has 7 nitrogen and oxygen atoms in total. The highest BCUT2D eigenvalue weighted by Crippen LogP contribution is 2.43. The Morgan fingerprint density at radius 2 is 1.86 bits per heavy atom. The van der Waals surface area contributed by atoms with Crippen LogP contribution in [0.1, 0.15) is 17.9 Å². The predicted molar refractivity (Wildman–Crippen MR) is 106 cm³/mol. The number of rotatable bonds is 3. The van der Waals surface area contributed by atoms with Crippen LogP contribution in [-0.2, 0) is 4.79 Å². The van der Waals surface area contributed by atoms with E-state index in [0.29, 0.717) is 23.1 Å². The van der Waals surface area contributed by atoms with Gasteiger partial charge in [-0.1, -0.05) is 42.1 Å². The molecule has 2 heterocycles. The van der Waals surface area contributed by atoms with E-state index < -0.39 is 4.92 Å². The quantitative estimate of drug-likeness (QED) is 0.583. The maximum Gasteiger partial charge on any atom is 0.269 e. The van der Waals surface area contributed by atoms with E-state index in [1.54, 1.807) is 17.0 Å². The molecule has 2 aromatic carbocycles. The third-order valence-electron chi connectivity index (χ3n) is 4.92. The fourth-order valence-corrected chi connectivity index (χ4v) is 4.65. The van der Waals surface area contributed by atoms with E-state index in [0.717, 1.165) is 11.3 Å². The molecule has 1 amide bonds. The van der Waals surface area contributed by atoms with Gasteiger partial charge in [0.2, 0.25) is 5.91 Å². The van der Waals surface area contributed by atoms with E-state index in [9.17, 15) is 20.2 Å². The number of allylic oxidation sites excluding steroid dienone is 1. The number of hydrogen-bond acceptors (Lipinski definition) is 6. The van der Waals surface area contributed by atoms with Crippen LogP contribution >= 0.6 is 11.8 Å². The van der Waals surface area contributed by atoms with Crippen LogP contribution < -0.4 is 4.90 Å². The van der Waals surface area contributed by atoms with Crippen LogP contribution in [0, 0.1) is 21.4 Å². The molecule has 0 aliphatic carbocycles. The number of thioether (sulfide) groups is 1. The molecule has 0 spiro atoms. The van der Waals surface area contributed by atoms with Crippen LogP contribution in [0.25, 0.3) is 0 Å². The summed E-state index contributed by atoms with van der Waals surface area (Å²) in [5.41, 5.74) is 2.31. The number of nitro groups is 1. The summed E-state index contributed by atoms with van der Waals surface area (Å²) < 4.78 is 0. The second kappa shape index (κ2) is 7.37. The molecule has 1 atom stereocenters. The van der Waals surface area contributed by atoms with Crippen molar-refractivity contribution < 1.29 is 9.72 Å². The first-order chi connectivity index (χ1) is 13.6. The van der Waals surface area contributed by atoms with Crippen molar-refractivity contribution in [1.29, 1.82) is 5.26 Å². The van der Waals surface area contributed by atoms with Gasteiger partial charge in [-0.3, -0.25) is 19.8 Å². The standard InChI is InChI=1S/C20H16N4O3S/c21-11-18-17(14-6-8-16(9-7-14)24(26)27)10-19(25)23-12-22(13-28-20(18)23)15-4-2-1-3-5-15/h1-9,17H,10,12-13H2. The molecule has 4 rings (SSSR count). The average Bonchev–Trinajstić information content (AvgIpc) is 2.74. The average molecular weight is 392 g/mol. The van der Waals surface area contributed by atoms with E-state index in [-0.39, 0.29) is 23.9 Å². The third kappa shape index (κ3) is 3.21. The number of nitro benzene ring substituents is 1. The highest BCUT2D eigenvalue weighted by atomic mass is 32.2. The van der Waals surface area contributed by atoms with Gasteiger partial charge in [0.1, 0.15) is 0 Å². The smallest absolute Gasteiger partial charge is 0.269 e. The summed E-state index contributed by atoms with van der Waals surface area (Å²) in [4.78, 5) is 27.0. The van der Waals surface area contributed by atoms with Gasteiger partial charge in [-0.05, 0) is 17.7 Å². The van der Waals surface area contributed by atoms with Crippen molar-refractivity contribution in [2.45, 2.75) is 12.3 Å². The lowest BCUT2D eigenvalue weighted by Gasteiger charge is -2.42. The molecular formula is C20H16N4O3S. The molecule has 0 aromatic heterocycles. The first kappa shape index (κ1) is 18.1. The number of fused-ring (bicyclic) bond motifs is 1. The minimum absolute atomic E-state index is 0.00998. The van der Waals surface area contributed by atoms with Gasteiger partial charge in [0.05, 0.1) is 34.1 Å². The van der Waals surface area contributed by atoms with Crippen molar-refractivity contribution in [3.63, 3.8) is 0 Å². The summed E-state index contributed by atoms with van der Waals surface area (Å²) in [7, 11) is 0. The molecule has 28 heavy (non-hydrogen) atoms. The topological polar surface area (TPSA) is 90.5 Å². The van der Waals surface area contributed by atoms with Crippen LogP contribution in [0.2, 0.25) is 0 Å². The van der Waals surface area contributed by atoms with Gasteiger partial charge in [-0.2, -0.15) is 5.26 Å². The zero-order chi connectivity index (χ0) is 19.7. The highest BCUT2D eigenvalue weighted by molar-refractivity contribution is 8.03. The molecule has 140 valence electrons. The maximum atomic E-state index is 12.9. The van der Waals surface area contributed by atoms with E-state index in [1.807, 2.05) is 30.3 Å². The largest absolute Gasteiger partial charge is 0.344 e. The second-order valence-electron chi connectivity index (χ2n) is 6.55. The van der Waals surface area contributed by atoms with Gasteiger partial charge in [0.25, 0.3) is 5.69 Å². The number of hydrogen-bond donors (Lipinski definition) is 0. The maximum absolute atomic E-state index is 12.9. The molecule has 0 N–H and O–H groups in total. The lowest BCUT2D eigenvalue weighted by Crippen LogP contribution is -2.47. The molecule has 1 unspecified atom stereocenters. The van der Waals surface area contributed by atoms with Gasteiger partial charge in [0, 0.05) is 30.2 Å². The van der Waals surface area contributed by atoms with Crippen molar-refractivity contribution in [2.75, 3.05) is 17.4 Å². The molecule has 0 saturated carbocycles. The number of para-hydroxylation sites is 1. The van der Waals surface area contributed by atoms with Crippen LogP contribution in [0.5, 0.6) is 0 Å². The Morgan fingerprint density at radius 1 is 1.14 bits per heavy atom. The number of non-ortho nitro benzene ring substituents is 1. The minimum Gasteiger partial charge on any atom is -0.344 e. The molecule has 2 aromatic rings. The van der Waals surface area contributed by atoms with Crippen LogP contribution in [0.15, 0.2) is 65.2 Å². The normalized spacial score (nSPS) is 19.2. The molecule has 2 aliphatic heterocycles. The number of nitriles is 1. The Labute approximate surface area is 166 Å². The van der Waals surface area contributed by atoms with Crippen molar-refractivity contribution in [3.8, 4) is 6.07 Å². The number of carbonyl (C=O) groups is 1. The van der Waals surface area contributed by atoms with E-state index in [1.165, 1.54) is 23.9 Å². The number of anilines is 1. The fraction of sp³-hybridized carbons (Fsp3) is 0.200. The summed E-state index contributed by atoms with van der Waals surface area (Å²) in [6.07, 6.45) is 0.174. The summed E-state index contributed by atoms with van der Waals surface area (Å²) in [5, 5.41) is 21.4. The molecule has 0 radical (unpaired) electrons. The van der Waals surface area contributed by atoms with Crippen LogP contribution in [0.3, 0.4) is 0 Å². The zero-order valence-corrected chi connectivity index (χ0v) is 15.6. The lowest BCUT2D eigenvalue weighted by molar-refractivity contribution is -0.384. The lowest BCUT2D eigenvalue weighted by atomic mass is 9.86. The van der Waals surface area contributed by atoms with Gasteiger partial charge in [-0.15, -0.1) is 0 Å². The summed E-state index contributed by atoms with van der Waals surface area (Å²) in [5.74, 6) is 0.215. The van der Waals surface area contributed by atoms with Crippen LogP contribution in [-0.4, -0.2) is 28.3 Å². The molecule has 1 saturated heterocycles. The third-order valence-corrected chi connectivity index (χ3v) is 6.08. The van der Waals surface area contributed by atoms with E-state index in [4.69, 9.17) is 0 Å². The van der Waals surface area contributed by atoms with Gasteiger partial charge in [-0.25, -0.2) is 0 Å². The summed E-state index contributed by atoms with van der Waals surface area (Å²) in [6.45, 7) is 0.406. The van der Waals surface area contributed by atoms with Gasteiger partial charge >= 0.3 is 0 Å². The Kier molecular flexibility index (Phi) is 4.75. The molecule has 8 heteroatoms. The second-order valence-corrected chi connectivity index (χ2v) is 7.48. The Balaban J connectivity index is 1.65. The van der Waals surface area contributed by atoms with Crippen molar-refractivity contribution in [2.24, 2.45) is 0 Å². The van der Waals surface area contributed by atoms with Crippen LogP contribution in [0.4, 0.5) is 11.4 Å². The monoisotopic (exact) mass is 392 g/mol. The van der Waals surface area contributed by atoms with Gasteiger partial charge < -0.3 is 4.90 Å². The molecular weight excluding hydrogens is 376 g/mol. The highest BCUT2D eigenvalue weighted by Gasteiger charge is 2.38. The van der Waals surface area contributed by atoms with Gasteiger partial charge in [0.15, 0.2) is 0 Å². The first-order valence-electron chi connectivity index (χ1n) is 8.70. The Hall–Kier alpha value is -3.31. The molecule has 0 bridgehead atoms. The predicted octanol–water partition coefficient (Wildman–Crippen LogP) is 3.81. The molecule has 2 aliphatic rings. The Morgan fingerprint density at radius 3 is 2.50 bits per heavy atom. The fourth-order valence-electron chi connectivity index (χ4n) is 3.48. The van der Waals surface area contributed by atoms with E-state index >= 15 is 0 Å². The van der Waals surface area contributed by atoms with E-state index in [2.05, 4.69) is 11.0 Å². The number of amides is 1. The van der Waals surface area contributed by atoms with Crippen molar-refractivity contribution in [1.82, 2.24) is 4.90 Å². The summed E-state index contributed by atoms with van der Waals surface area (Å²) in [6, 6.07) is 18.2. The minimum atomic E-state index is -0.462. The SMILES string of the molecule is N#CC1=C2SCN(c3ccccc3)CN2C(=O)CC1c1ccc([N+](=O)[O-])cc1.